The highest BCUT2D eigenvalue weighted by Gasteiger charge is 2.30. The number of anilines is 1. The van der Waals surface area contributed by atoms with Crippen LogP contribution in [0.25, 0.3) is 0 Å². The highest BCUT2D eigenvalue weighted by Crippen LogP contribution is 2.29. The summed E-state index contributed by atoms with van der Waals surface area (Å²) in [6.45, 7) is 6.42. The van der Waals surface area contributed by atoms with Crippen LogP contribution in [0.5, 0.6) is 0 Å². The number of hydrogen-bond acceptors (Lipinski definition) is 4. The van der Waals surface area contributed by atoms with Gasteiger partial charge in [0.05, 0.1) is 0 Å². The van der Waals surface area contributed by atoms with Crippen molar-refractivity contribution in [3.8, 4) is 0 Å². The van der Waals surface area contributed by atoms with Gasteiger partial charge in [0, 0.05) is 31.5 Å². The monoisotopic (exact) mass is 292 g/mol. The zero-order valence-electron chi connectivity index (χ0n) is 13.3. The van der Waals surface area contributed by atoms with Crippen molar-refractivity contribution in [3.63, 3.8) is 0 Å². The van der Waals surface area contributed by atoms with Gasteiger partial charge in [-0.3, -0.25) is 4.79 Å². The van der Waals surface area contributed by atoms with Crippen LogP contribution in [0.1, 0.15) is 46.0 Å². The molecule has 5 nitrogen and oxygen atoms in total. The lowest BCUT2D eigenvalue weighted by molar-refractivity contribution is 0.299. The summed E-state index contributed by atoms with van der Waals surface area (Å²) in [7, 11) is 0. The molecule has 118 valence electrons. The van der Waals surface area contributed by atoms with Gasteiger partial charge >= 0.3 is 0 Å². The zero-order valence-corrected chi connectivity index (χ0v) is 13.3. The lowest BCUT2D eigenvalue weighted by atomic mass is 9.83. The van der Waals surface area contributed by atoms with Gasteiger partial charge < -0.3 is 15.2 Å². The van der Waals surface area contributed by atoms with Gasteiger partial charge in [-0.1, -0.05) is 19.8 Å². The van der Waals surface area contributed by atoms with Crippen LogP contribution in [-0.4, -0.2) is 28.7 Å². The van der Waals surface area contributed by atoms with E-state index in [0.29, 0.717) is 24.3 Å². The normalized spacial score (nSPS) is 22.2. The molecule has 0 spiro atoms. The van der Waals surface area contributed by atoms with Crippen LogP contribution in [0, 0.1) is 5.92 Å². The van der Waals surface area contributed by atoms with Crippen LogP contribution in [-0.2, 0) is 6.54 Å². The number of rotatable bonds is 6. The molecule has 2 unspecified atom stereocenters. The lowest BCUT2D eigenvalue weighted by Gasteiger charge is -2.39. The maximum Gasteiger partial charge on any atom is 0.293 e. The minimum atomic E-state index is 0.0301. The molecule has 1 heterocycles. The van der Waals surface area contributed by atoms with Crippen molar-refractivity contribution in [1.29, 1.82) is 0 Å². The van der Waals surface area contributed by atoms with E-state index in [4.69, 9.17) is 5.73 Å². The summed E-state index contributed by atoms with van der Waals surface area (Å²) < 4.78 is 1.77. The molecule has 1 aromatic rings. The summed E-state index contributed by atoms with van der Waals surface area (Å²) in [5.74, 6) is 1.07. The van der Waals surface area contributed by atoms with Crippen molar-refractivity contribution >= 4 is 5.82 Å². The fourth-order valence-electron chi connectivity index (χ4n) is 3.46. The van der Waals surface area contributed by atoms with E-state index >= 15 is 0 Å². The Balaban J connectivity index is 2.32. The van der Waals surface area contributed by atoms with E-state index in [-0.39, 0.29) is 5.56 Å². The maximum absolute atomic E-state index is 12.6. The first-order valence-corrected chi connectivity index (χ1v) is 8.25. The minimum Gasteiger partial charge on any atom is -0.349 e. The third-order valence-electron chi connectivity index (χ3n) is 4.54. The first-order valence-electron chi connectivity index (χ1n) is 8.25. The van der Waals surface area contributed by atoms with E-state index in [1.165, 1.54) is 12.8 Å². The summed E-state index contributed by atoms with van der Waals surface area (Å²) in [5.41, 5.74) is 5.98. The smallest absolute Gasteiger partial charge is 0.293 e. The maximum atomic E-state index is 12.6. The van der Waals surface area contributed by atoms with Crippen molar-refractivity contribution in [3.05, 3.63) is 22.7 Å². The molecule has 1 fully saturated rings. The Morgan fingerprint density at radius 2 is 2.14 bits per heavy atom. The molecular weight excluding hydrogens is 264 g/mol. The molecule has 1 aliphatic rings. The molecule has 0 bridgehead atoms. The molecule has 0 aromatic carbocycles. The standard InChI is InChI=1S/C16H28N4O/c1-3-10-19-11-9-18-15(16(19)21)20(4-2)14-8-6-5-7-13(14)12-17/h9,11,13-14H,3-8,10,12,17H2,1-2H3. The molecule has 1 saturated carbocycles. The Bertz CT molecular complexity index is 499. The first-order chi connectivity index (χ1) is 10.2. The SMILES string of the molecule is CCCn1ccnc(N(CC)C2CCCCC2CN)c1=O. The average Bonchev–Trinajstić information content (AvgIpc) is 2.52. The average molecular weight is 292 g/mol. The number of nitrogens with two attached hydrogens (primary N) is 1. The topological polar surface area (TPSA) is 64.2 Å². The summed E-state index contributed by atoms with van der Waals surface area (Å²) >= 11 is 0. The Morgan fingerprint density at radius 3 is 2.81 bits per heavy atom. The highest BCUT2D eigenvalue weighted by atomic mass is 16.1. The van der Waals surface area contributed by atoms with Gasteiger partial charge in [-0.25, -0.2) is 4.98 Å². The predicted octanol–water partition coefficient (Wildman–Crippen LogP) is 2.00. The Morgan fingerprint density at radius 1 is 1.38 bits per heavy atom. The van der Waals surface area contributed by atoms with Crippen LogP contribution in [0.15, 0.2) is 17.2 Å². The lowest BCUT2D eigenvalue weighted by Crippen LogP contribution is -2.48. The van der Waals surface area contributed by atoms with Gasteiger partial charge in [-0.15, -0.1) is 0 Å². The van der Waals surface area contributed by atoms with Crippen molar-refractivity contribution in [2.75, 3.05) is 18.0 Å². The molecule has 5 heteroatoms. The molecule has 0 saturated heterocycles. The van der Waals surface area contributed by atoms with Crippen LogP contribution >= 0.6 is 0 Å². The van der Waals surface area contributed by atoms with Crippen LogP contribution in [0.2, 0.25) is 0 Å². The summed E-state index contributed by atoms with van der Waals surface area (Å²) in [6.07, 6.45) is 9.21. The van der Waals surface area contributed by atoms with Crippen molar-refractivity contribution in [2.24, 2.45) is 11.7 Å². The Hall–Kier alpha value is -1.36. The molecular formula is C16H28N4O. The number of nitrogens with zero attached hydrogens (tertiary/aromatic N) is 3. The number of aryl methyl sites for hydroxylation is 1. The fraction of sp³-hybridized carbons (Fsp3) is 0.750. The minimum absolute atomic E-state index is 0.0301. The van der Waals surface area contributed by atoms with Crippen LogP contribution < -0.4 is 16.2 Å². The largest absolute Gasteiger partial charge is 0.349 e. The molecule has 2 N–H and O–H groups in total. The third-order valence-corrected chi connectivity index (χ3v) is 4.54. The molecule has 1 aromatic heterocycles. The Kier molecular flexibility index (Phi) is 5.79. The highest BCUT2D eigenvalue weighted by molar-refractivity contribution is 5.37. The van der Waals surface area contributed by atoms with Gasteiger partial charge in [0.2, 0.25) is 0 Å². The van der Waals surface area contributed by atoms with Gasteiger partial charge in [0.1, 0.15) is 0 Å². The van der Waals surface area contributed by atoms with E-state index in [9.17, 15) is 4.79 Å². The Labute approximate surface area is 127 Å². The van der Waals surface area contributed by atoms with Gasteiger partial charge in [-0.2, -0.15) is 0 Å². The van der Waals surface area contributed by atoms with Crippen molar-refractivity contribution in [2.45, 2.75) is 58.5 Å². The second-order valence-electron chi connectivity index (χ2n) is 5.88. The first kappa shape index (κ1) is 16.0. The number of hydrogen-bond donors (Lipinski definition) is 1. The predicted molar refractivity (Wildman–Crippen MR) is 86.6 cm³/mol. The van der Waals surface area contributed by atoms with Gasteiger partial charge in [-0.05, 0) is 38.6 Å². The summed E-state index contributed by atoms with van der Waals surface area (Å²) in [4.78, 5) is 19.2. The van der Waals surface area contributed by atoms with Crippen molar-refractivity contribution in [1.82, 2.24) is 9.55 Å². The van der Waals surface area contributed by atoms with E-state index < -0.39 is 0 Å². The van der Waals surface area contributed by atoms with Crippen molar-refractivity contribution < 1.29 is 0 Å². The molecule has 2 atom stereocenters. The second-order valence-corrected chi connectivity index (χ2v) is 5.88. The zero-order chi connectivity index (χ0) is 15.2. The van der Waals surface area contributed by atoms with Crippen LogP contribution in [0.4, 0.5) is 5.82 Å². The molecule has 21 heavy (non-hydrogen) atoms. The molecule has 0 amide bonds. The van der Waals surface area contributed by atoms with Gasteiger partial charge in [0.25, 0.3) is 5.56 Å². The summed E-state index contributed by atoms with van der Waals surface area (Å²) in [5, 5.41) is 0. The second kappa shape index (κ2) is 7.59. The summed E-state index contributed by atoms with van der Waals surface area (Å²) in [6, 6.07) is 0.353. The third kappa shape index (κ3) is 3.46. The molecule has 0 aliphatic heterocycles. The molecule has 2 rings (SSSR count). The molecule has 0 radical (unpaired) electrons. The van der Waals surface area contributed by atoms with E-state index in [0.717, 1.165) is 32.4 Å². The fourth-order valence-corrected chi connectivity index (χ4v) is 3.46. The van der Waals surface area contributed by atoms with E-state index in [1.807, 2.05) is 0 Å². The van der Waals surface area contributed by atoms with Gasteiger partial charge in [0.15, 0.2) is 5.82 Å². The number of aromatic nitrogens is 2. The molecule has 1 aliphatic carbocycles. The quantitative estimate of drug-likeness (QED) is 0.871. The van der Waals surface area contributed by atoms with Crippen LogP contribution in [0.3, 0.4) is 0 Å². The van der Waals surface area contributed by atoms with E-state index in [1.54, 1.807) is 17.0 Å². The van der Waals surface area contributed by atoms with E-state index in [2.05, 4.69) is 23.7 Å².